The van der Waals surface area contributed by atoms with Crippen LogP contribution in [0.5, 0.6) is 0 Å². The van der Waals surface area contributed by atoms with Gasteiger partial charge in [-0.05, 0) is 25.2 Å². The van der Waals surface area contributed by atoms with Gasteiger partial charge >= 0.3 is 6.09 Å². The van der Waals surface area contributed by atoms with Crippen LogP contribution in [0.4, 0.5) is 4.79 Å². The lowest BCUT2D eigenvalue weighted by Gasteiger charge is -2.24. The normalized spacial score (nSPS) is 14.7. The van der Waals surface area contributed by atoms with Crippen LogP contribution in [0.2, 0.25) is 0 Å². The molecular formula is C16H31N3O5. The van der Waals surface area contributed by atoms with Crippen LogP contribution in [0.15, 0.2) is 0 Å². The fraction of sp³-hybridized carbons (Fsp3) is 0.812. The molecule has 8 heteroatoms. The molecule has 0 saturated carbocycles. The van der Waals surface area contributed by atoms with Gasteiger partial charge in [0.1, 0.15) is 12.1 Å². The van der Waals surface area contributed by atoms with E-state index in [2.05, 4.69) is 20.7 Å². The summed E-state index contributed by atoms with van der Waals surface area (Å²) in [5, 5.41) is 17.0. The highest BCUT2D eigenvalue weighted by atomic mass is 16.5. The van der Waals surface area contributed by atoms with Gasteiger partial charge < -0.3 is 25.8 Å². The Bertz CT molecular complexity index is 426. The molecule has 3 atom stereocenters. The zero-order valence-corrected chi connectivity index (χ0v) is 15.4. The molecule has 0 radical (unpaired) electrons. The third kappa shape index (κ3) is 8.14. The summed E-state index contributed by atoms with van der Waals surface area (Å²) in [6.07, 6.45) is -0.0697. The van der Waals surface area contributed by atoms with Crippen LogP contribution < -0.4 is 16.0 Å². The number of nitrogens with one attached hydrogen (secondary N) is 3. The average Bonchev–Trinajstić information content (AvgIpc) is 2.50. The smallest absolute Gasteiger partial charge is 0.407 e. The van der Waals surface area contributed by atoms with Gasteiger partial charge in [0.15, 0.2) is 0 Å². The molecule has 0 fully saturated rings. The quantitative estimate of drug-likeness (QED) is 0.482. The molecule has 0 saturated heterocycles. The Morgan fingerprint density at radius 1 is 0.958 bits per heavy atom. The number of alkyl carbamates (subject to hydrolysis) is 1. The molecule has 0 heterocycles. The van der Waals surface area contributed by atoms with Crippen molar-refractivity contribution in [2.45, 2.75) is 59.2 Å². The summed E-state index contributed by atoms with van der Waals surface area (Å²) >= 11 is 0. The third-order valence-corrected chi connectivity index (χ3v) is 3.48. The van der Waals surface area contributed by atoms with Crippen molar-refractivity contribution in [2.24, 2.45) is 11.8 Å². The molecule has 8 nitrogen and oxygen atoms in total. The summed E-state index contributed by atoms with van der Waals surface area (Å²) in [4.78, 5) is 35.7. The molecule has 4 N–H and O–H groups in total. The van der Waals surface area contributed by atoms with E-state index in [1.54, 1.807) is 20.8 Å². The lowest BCUT2D eigenvalue weighted by molar-refractivity contribution is -0.130. The highest BCUT2D eigenvalue weighted by molar-refractivity contribution is 5.91. The Kier molecular flexibility index (Phi) is 10.0. The van der Waals surface area contributed by atoms with Gasteiger partial charge in [-0.1, -0.05) is 27.7 Å². The predicted octanol–water partition coefficient (Wildman–Crippen LogP) is 0.395. The third-order valence-electron chi connectivity index (χ3n) is 3.48. The van der Waals surface area contributed by atoms with Gasteiger partial charge in [-0.15, -0.1) is 0 Å². The first-order chi connectivity index (χ1) is 11.1. The van der Waals surface area contributed by atoms with Crippen molar-refractivity contribution in [1.29, 1.82) is 0 Å². The molecule has 3 amide bonds. The summed E-state index contributed by atoms with van der Waals surface area (Å²) in [7, 11) is 1.21. The first-order valence-corrected chi connectivity index (χ1v) is 8.18. The van der Waals surface area contributed by atoms with E-state index in [9.17, 15) is 19.5 Å². The van der Waals surface area contributed by atoms with Gasteiger partial charge in [-0.25, -0.2) is 4.79 Å². The number of carbonyl (C=O) groups excluding carboxylic acids is 3. The molecule has 0 aliphatic rings. The topological polar surface area (TPSA) is 117 Å². The maximum atomic E-state index is 12.3. The molecule has 140 valence electrons. The minimum absolute atomic E-state index is 0.164. The van der Waals surface area contributed by atoms with Gasteiger partial charge in [-0.2, -0.15) is 0 Å². The van der Waals surface area contributed by atoms with Crippen molar-refractivity contribution in [2.75, 3.05) is 13.7 Å². The number of hydrogen-bond donors (Lipinski definition) is 4. The van der Waals surface area contributed by atoms with Crippen LogP contribution in [0, 0.1) is 11.8 Å². The van der Waals surface area contributed by atoms with Crippen LogP contribution >= 0.6 is 0 Å². The molecule has 0 aromatic rings. The first kappa shape index (κ1) is 22.2. The predicted molar refractivity (Wildman–Crippen MR) is 90.2 cm³/mol. The number of ether oxygens (including phenoxy) is 1. The van der Waals surface area contributed by atoms with E-state index in [4.69, 9.17) is 0 Å². The van der Waals surface area contributed by atoms with E-state index in [0.717, 1.165) is 0 Å². The van der Waals surface area contributed by atoms with E-state index < -0.39 is 24.1 Å². The summed E-state index contributed by atoms with van der Waals surface area (Å²) in [5.41, 5.74) is 0. The molecule has 24 heavy (non-hydrogen) atoms. The van der Waals surface area contributed by atoms with Crippen molar-refractivity contribution in [3.8, 4) is 0 Å². The second kappa shape index (κ2) is 10.9. The van der Waals surface area contributed by atoms with Gasteiger partial charge in [0.2, 0.25) is 11.8 Å². The second-order valence-corrected chi connectivity index (χ2v) is 6.61. The number of aliphatic hydroxyl groups excluding tert-OH is 1. The number of carbonyl (C=O) groups is 3. The number of hydrogen-bond acceptors (Lipinski definition) is 5. The van der Waals surface area contributed by atoms with Crippen LogP contribution in [0.3, 0.4) is 0 Å². The minimum Gasteiger partial charge on any atom is -0.453 e. The monoisotopic (exact) mass is 345 g/mol. The number of amides is 3. The zero-order chi connectivity index (χ0) is 18.9. The van der Waals surface area contributed by atoms with Gasteiger partial charge in [0.05, 0.1) is 19.8 Å². The van der Waals surface area contributed by atoms with E-state index in [1.807, 2.05) is 13.8 Å². The summed E-state index contributed by atoms with van der Waals surface area (Å²) < 4.78 is 4.50. The maximum Gasteiger partial charge on any atom is 0.407 e. The van der Waals surface area contributed by atoms with Crippen molar-refractivity contribution >= 4 is 17.9 Å². The van der Waals surface area contributed by atoms with Crippen LogP contribution in [-0.4, -0.2) is 54.9 Å². The number of rotatable bonds is 9. The number of aliphatic hydroxyl groups is 1. The Balaban J connectivity index is 4.69. The molecule has 0 aromatic heterocycles. The van der Waals surface area contributed by atoms with Crippen molar-refractivity contribution in [3.05, 3.63) is 0 Å². The van der Waals surface area contributed by atoms with E-state index in [0.29, 0.717) is 12.3 Å². The Morgan fingerprint density at radius 3 is 1.96 bits per heavy atom. The van der Waals surface area contributed by atoms with Crippen molar-refractivity contribution in [3.63, 3.8) is 0 Å². The SMILES string of the molecule is COC(=O)NC(C(=O)NC(C)C(=O)NC(CO)CC(C)C)C(C)C. The fourth-order valence-corrected chi connectivity index (χ4v) is 2.16. The van der Waals surface area contributed by atoms with Crippen molar-refractivity contribution < 1.29 is 24.2 Å². The first-order valence-electron chi connectivity index (χ1n) is 8.18. The highest BCUT2D eigenvalue weighted by Crippen LogP contribution is 2.05. The Hall–Kier alpha value is -1.83. The Labute approximate surface area is 143 Å². The minimum atomic E-state index is -0.808. The van der Waals surface area contributed by atoms with Crippen LogP contribution in [0.25, 0.3) is 0 Å². The zero-order valence-electron chi connectivity index (χ0n) is 15.4. The van der Waals surface area contributed by atoms with Crippen molar-refractivity contribution in [1.82, 2.24) is 16.0 Å². The van der Waals surface area contributed by atoms with E-state index in [1.165, 1.54) is 7.11 Å². The second-order valence-electron chi connectivity index (χ2n) is 6.61. The van der Waals surface area contributed by atoms with E-state index >= 15 is 0 Å². The number of methoxy groups -OCH3 is 1. The van der Waals surface area contributed by atoms with Gasteiger partial charge in [0, 0.05) is 0 Å². The molecule has 0 aliphatic heterocycles. The van der Waals surface area contributed by atoms with Crippen LogP contribution in [0.1, 0.15) is 41.0 Å². The summed E-state index contributed by atoms with van der Waals surface area (Å²) in [6, 6.07) is -1.96. The molecule has 0 aromatic carbocycles. The lowest BCUT2D eigenvalue weighted by Crippen LogP contribution is -2.55. The highest BCUT2D eigenvalue weighted by Gasteiger charge is 2.27. The Morgan fingerprint density at radius 2 is 1.54 bits per heavy atom. The molecule has 0 spiro atoms. The summed E-state index contributed by atoms with van der Waals surface area (Å²) in [5.74, 6) is -0.710. The van der Waals surface area contributed by atoms with Crippen LogP contribution in [-0.2, 0) is 14.3 Å². The lowest BCUT2D eigenvalue weighted by atomic mass is 10.0. The molecule has 0 bridgehead atoms. The molecule has 0 rings (SSSR count). The molecule has 3 unspecified atom stereocenters. The van der Waals surface area contributed by atoms with Gasteiger partial charge in [-0.3, -0.25) is 9.59 Å². The largest absolute Gasteiger partial charge is 0.453 e. The molecular weight excluding hydrogens is 314 g/mol. The average molecular weight is 345 g/mol. The fourth-order valence-electron chi connectivity index (χ4n) is 2.16. The van der Waals surface area contributed by atoms with E-state index in [-0.39, 0.29) is 24.5 Å². The molecule has 0 aliphatic carbocycles. The summed E-state index contributed by atoms with van der Waals surface area (Å²) in [6.45, 7) is 8.91. The maximum absolute atomic E-state index is 12.3. The van der Waals surface area contributed by atoms with Gasteiger partial charge in [0.25, 0.3) is 0 Å². The standard InChI is InChI=1S/C16H31N3O5/c1-9(2)7-12(8-20)18-14(21)11(5)17-15(22)13(10(3)4)19-16(23)24-6/h9-13,20H,7-8H2,1-6H3,(H,17,22)(H,18,21)(H,19,23).